The third kappa shape index (κ3) is 8.87. The smallest absolute Gasteiger partial charge is 0.0251 e. The zero-order valence-corrected chi connectivity index (χ0v) is 62.8. The van der Waals surface area contributed by atoms with Gasteiger partial charge in [-0.05, 0) is 249 Å². The fourth-order valence-electron chi connectivity index (χ4n) is 26.6. The third-order valence-electron chi connectivity index (χ3n) is 30.3. The fourth-order valence-corrected chi connectivity index (χ4v) is 26.6. The van der Waals surface area contributed by atoms with Gasteiger partial charge < -0.3 is 0 Å². The van der Waals surface area contributed by atoms with Gasteiger partial charge in [-0.2, -0.15) is 0 Å². The minimum Gasteiger partial charge on any atom is -0.0995 e. The molecular formula is C99H114. The molecule has 0 aromatic heterocycles. The summed E-state index contributed by atoms with van der Waals surface area (Å²) in [6.07, 6.45) is 26.0. The van der Waals surface area contributed by atoms with E-state index >= 15 is 0 Å². The van der Waals surface area contributed by atoms with Crippen LogP contribution in [0.5, 0.6) is 0 Å². The number of benzene rings is 4. The summed E-state index contributed by atoms with van der Waals surface area (Å²) in [4.78, 5) is 0. The molecule has 15 aliphatic rings. The highest BCUT2D eigenvalue weighted by Crippen LogP contribution is 2.74. The zero-order chi connectivity index (χ0) is 69.6. The second-order valence-electron chi connectivity index (χ2n) is 35.0. The van der Waals surface area contributed by atoms with Crippen molar-refractivity contribution in [2.45, 2.75) is 219 Å². The van der Waals surface area contributed by atoms with Gasteiger partial charge >= 0.3 is 0 Å². The normalized spacial score (nSPS) is 36.6. The number of fused-ring (bicyclic) bond motifs is 7. The van der Waals surface area contributed by atoms with Gasteiger partial charge in [0.2, 0.25) is 0 Å². The Kier molecular flexibility index (Phi) is 16.0. The van der Waals surface area contributed by atoms with Crippen molar-refractivity contribution < 1.29 is 0 Å². The second kappa shape index (κ2) is 23.8. The molecule has 13 unspecified atom stereocenters. The Hall–Kier alpha value is -7.02. The van der Waals surface area contributed by atoms with E-state index in [0.717, 1.165) is 37.0 Å². The molecule has 0 heterocycles. The van der Waals surface area contributed by atoms with Crippen molar-refractivity contribution >= 4 is 0 Å². The van der Waals surface area contributed by atoms with Gasteiger partial charge in [0.15, 0.2) is 0 Å². The van der Waals surface area contributed by atoms with Gasteiger partial charge in [-0.1, -0.05) is 301 Å². The second-order valence-corrected chi connectivity index (χ2v) is 35.0. The monoisotopic (exact) mass is 1300 g/mol. The first-order valence-corrected chi connectivity index (χ1v) is 39.4. The molecule has 0 saturated heterocycles. The summed E-state index contributed by atoms with van der Waals surface area (Å²) >= 11 is 0. The van der Waals surface area contributed by atoms with Crippen LogP contribution < -0.4 is 0 Å². The van der Waals surface area contributed by atoms with Crippen molar-refractivity contribution in [1.82, 2.24) is 0 Å². The maximum atomic E-state index is 4.50. The first-order valence-electron chi connectivity index (χ1n) is 39.4. The summed E-state index contributed by atoms with van der Waals surface area (Å²) in [5.74, 6) is 9.67. The molecular weight excluding hydrogens is 1190 g/mol. The largest absolute Gasteiger partial charge is 0.0995 e. The molecule has 4 spiro atoms. The lowest BCUT2D eigenvalue weighted by molar-refractivity contribution is 0.307. The predicted molar refractivity (Wildman–Crippen MR) is 420 cm³/mol. The van der Waals surface area contributed by atoms with E-state index < -0.39 is 0 Å². The maximum absolute atomic E-state index is 4.50. The number of allylic oxidation sites excluding steroid dienone is 23. The van der Waals surface area contributed by atoms with Crippen LogP contribution in [-0.2, 0) is 21.7 Å². The molecule has 0 nitrogen and oxygen atoms in total. The molecule has 510 valence electrons. The molecule has 4 aromatic carbocycles. The lowest BCUT2D eigenvalue weighted by Gasteiger charge is -2.42. The number of hydrogen-bond acceptors (Lipinski definition) is 0. The molecule has 0 N–H and O–H groups in total. The van der Waals surface area contributed by atoms with E-state index in [1.165, 1.54) is 131 Å². The van der Waals surface area contributed by atoms with Crippen LogP contribution in [0.25, 0.3) is 0 Å². The molecule has 15 aliphatic carbocycles. The zero-order valence-electron chi connectivity index (χ0n) is 62.8. The van der Waals surface area contributed by atoms with Crippen LogP contribution in [0.3, 0.4) is 0 Å². The van der Waals surface area contributed by atoms with Crippen LogP contribution in [0.2, 0.25) is 0 Å². The molecule has 0 bridgehead atoms. The summed E-state index contributed by atoms with van der Waals surface area (Å²) in [5.41, 5.74) is 41.6. The van der Waals surface area contributed by atoms with Crippen molar-refractivity contribution in [3.05, 3.63) is 318 Å². The standard InChI is InChI=1S/C27H32.C27H30.C24H26.C21H26/c2*1-7-19-14-27-22-11-9-8-10-20(22)18(6)26(27)25-17(5)12-16(4)21(25)13-23(27)24(19)15(2)3;1-5-17-11-18-12-20-14(2)10-15(3)22(20)23-16(4)19-8-6-7-9-21(19)24(18,23)13-17;1-5-16-11-17-10-13(2)14(3)20-15(4)18-8-6-7-9-19(18)21(17,20)12-16/h8-11,13,15,18-19,24,26H,4-5,7,12,14H2,1-3,6H3;8-11,13,18-19,24,26H,2,4-5,7,12,14H2,1,3,6H3;6-9,12,16-17,23H,2-3,5,10-11,13H2,1,4H3;6-10,15-16,20H,5,11-12H2,1-4H3/t2*18?,19-,24?,26?,27?;16?,17-,23?,24?;15-,16-,20?,21?/m1100/s1. The van der Waals surface area contributed by atoms with Crippen LogP contribution in [-0.4, -0.2) is 0 Å². The van der Waals surface area contributed by atoms with Crippen LogP contribution in [0, 0.1) is 65.1 Å². The summed E-state index contributed by atoms with van der Waals surface area (Å²) in [6.45, 7) is 62.2. The Morgan fingerprint density at radius 3 is 1.19 bits per heavy atom. The molecule has 18 atom stereocenters. The van der Waals surface area contributed by atoms with Crippen molar-refractivity contribution in [3.63, 3.8) is 0 Å². The number of rotatable bonds is 6. The van der Waals surface area contributed by atoms with Gasteiger partial charge in [0.25, 0.3) is 0 Å². The summed E-state index contributed by atoms with van der Waals surface area (Å²) < 4.78 is 0. The molecule has 4 aromatic rings. The first-order chi connectivity index (χ1) is 47.5. The van der Waals surface area contributed by atoms with Crippen LogP contribution in [0.4, 0.5) is 0 Å². The molecule has 4 fully saturated rings. The Morgan fingerprint density at radius 1 is 0.424 bits per heavy atom. The molecule has 0 amide bonds. The Bertz CT molecular complexity index is 4540. The van der Waals surface area contributed by atoms with E-state index in [1.54, 1.807) is 83.5 Å². The third-order valence-corrected chi connectivity index (χ3v) is 30.3. The van der Waals surface area contributed by atoms with E-state index in [-0.39, 0.29) is 16.2 Å². The highest BCUT2D eigenvalue weighted by Gasteiger charge is 2.66. The van der Waals surface area contributed by atoms with Gasteiger partial charge in [-0.25, -0.2) is 0 Å². The molecule has 0 radical (unpaired) electrons. The minimum atomic E-state index is 0.132. The molecule has 0 heteroatoms. The van der Waals surface area contributed by atoms with Crippen molar-refractivity contribution in [1.29, 1.82) is 0 Å². The van der Waals surface area contributed by atoms with E-state index in [1.807, 2.05) is 0 Å². The van der Waals surface area contributed by atoms with Gasteiger partial charge in [0.05, 0.1) is 0 Å². The highest BCUT2D eigenvalue weighted by atomic mass is 14.7. The van der Waals surface area contributed by atoms with Crippen LogP contribution >= 0.6 is 0 Å². The van der Waals surface area contributed by atoms with Crippen LogP contribution in [0.15, 0.2) is 273 Å². The Labute approximate surface area is 598 Å². The lowest BCUT2D eigenvalue weighted by Crippen LogP contribution is -2.36. The highest BCUT2D eigenvalue weighted by molar-refractivity contribution is 5.74. The molecule has 4 saturated carbocycles. The van der Waals surface area contributed by atoms with E-state index in [9.17, 15) is 0 Å². The maximum Gasteiger partial charge on any atom is 0.0251 e. The lowest BCUT2D eigenvalue weighted by atomic mass is 9.61. The Morgan fingerprint density at radius 2 is 0.778 bits per heavy atom. The quantitative estimate of drug-likeness (QED) is 0.169. The SMILES string of the molecule is C=C1CC(=C)C2=C1C=C1C(C(=C)C)[C@H](CC)CC13c1ccccc1C(C)C23.C=C1CC(=C)C2=C1C=C1C(C(C)C)[C@H](CC)CC13c1ccccc1C(C)C23.C=C1CC(=C)C2=C1C=C1C[C@H](CC)CC13c1ccccc1C(C)C23.CC[C@H]1CC2=CC(C)=C(C)C3[C@@H](C)c4ccccc4C23C1. The van der Waals surface area contributed by atoms with Gasteiger partial charge in [-0.3, -0.25) is 0 Å². The molecule has 0 aliphatic heterocycles. The summed E-state index contributed by atoms with van der Waals surface area (Å²) in [7, 11) is 0. The van der Waals surface area contributed by atoms with Gasteiger partial charge in [0, 0.05) is 51.2 Å². The fraction of sp³-hybridized carbons (Fsp3) is 0.455. The van der Waals surface area contributed by atoms with Crippen molar-refractivity contribution in [2.75, 3.05) is 0 Å². The van der Waals surface area contributed by atoms with Crippen LogP contribution in [0.1, 0.15) is 242 Å². The van der Waals surface area contributed by atoms with Gasteiger partial charge in [-0.15, -0.1) is 0 Å². The average Bonchev–Trinajstić information content (AvgIpc) is 1.53. The number of hydrogen-bond donors (Lipinski definition) is 0. The summed E-state index contributed by atoms with van der Waals surface area (Å²) in [5, 5.41) is 0. The summed E-state index contributed by atoms with van der Waals surface area (Å²) in [6, 6.07) is 37.1. The topological polar surface area (TPSA) is 0 Å². The molecule has 19 rings (SSSR count). The van der Waals surface area contributed by atoms with Gasteiger partial charge in [0.1, 0.15) is 0 Å². The Balaban J connectivity index is 0.000000103. The van der Waals surface area contributed by atoms with E-state index in [2.05, 4.69) is 257 Å². The average molecular weight is 1300 g/mol. The van der Waals surface area contributed by atoms with Crippen molar-refractivity contribution in [3.8, 4) is 0 Å². The first kappa shape index (κ1) is 66.5. The minimum absolute atomic E-state index is 0.132. The van der Waals surface area contributed by atoms with E-state index in [4.69, 9.17) is 0 Å². The predicted octanol–water partition coefficient (Wildman–Crippen LogP) is 26.1. The molecule has 99 heavy (non-hydrogen) atoms. The van der Waals surface area contributed by atoms with E-state index in [0.29, 0.717) is 76.4 Å². The van der Waals surface area contributed by atoms with Crippen molar-refractivity contribution in [2.24, 2.45) is 65.1 Å².